The average Bonchev–Trinajstić information content (AvgIpc) is 2.64. The average molecular weight is 416 g/mol. The number of amides is 1. The van der Waals surface area contributed by atoms with Crippen molar-refractivity contribution in [3.8, 4) is 0 Å². The number of carboxylic acids is 1. The first-order valence-corrected chi connectivity index (χ1v) is 9.46. The number of aromatic amines is 1. The molecule has 1 aliphatic heterocycles. The molecular weight excluding hydrogens is 392 g/mol. The Balaban J connectivity index is 2.08. The number of aromatic nitrogens is 1. The molecule has 1 aliphatic rings. The smallest absolute Gasteiger partial charge is 0.352 e. The number of rotatable bonds is 4. The first kappa shape index (κ1) is 21.5. The van der Waals surface area contributed by atoms with Crippen molar-refractivity contribution in [2.75, 3.05) is 18.1 Å². The van der Waals surface area contributed by atoms with Crippen LogP contribution in [0, 0.1) is 5.41 Å². The van der Waals surface area contributed by atoms with Crippen molar-refractivity contribution < 1.29 is 29.0 Å². The zero-order chi connectivity index (χ0) is 22.3. The monoisotopic (exact) mass is 416 g/mol. The lowest BCUT2D eigenvalue weighted by Crippen LogP contribution is -2.68. The predicted octanol–water partition coefficient (Wildman–Crippen LogP) is 1.69. The topological polar surface area (TPSA) is 126 Å². The number of pyridine rings is 1. The number of H-pyrrole nitrogens is 1. The summed E-state index contributed by atoms with van der Waals surface area (Å²) >= 11 is 0. The van der Waals surface area contributed by atoms with Gasteiger partial charge in [0.15, 0.2) is 6.10 Å². The minimum atomic E-state index is -2.22. The van der Waals surface area contributed by atoms with Crippen LogP contribution >= 0.6 is 0 Å². The molecule has 0 spiro atoms. The summed E-state index contributed by atoms with van der Waals surface area (Å²) in [5.74, 6) is -2.94. The lowest BCUT2D eigenvalue weighted by Gasteiger charge is -2.46. The number of ether oxygens (including phenoxy) is 2. The standard InChI is InChI=1S/C21H24N2O7/c1-12(24)30-21(19(27)28,20(2,3)4)17-18(26)23(9-10-29-17)14-7-5-13-6-8-16(25)22-15(13)11-14/h5-8,11,17H,9-10H2,1-4H3,(H,22,25)(H,27,28)/t17-,21+/m0/s1. The Bertz CT molecular complexity index is 1070. The number of aliphatic carboxylic acids is 1. The van der Waals surface area contributed by atoms with Crippen molar-refractivity contribution in [1.29, 1.82) is 0 Å². The normalized spacial score (nSPS) is 19.4. The summed E-state index contributed by atoms with van der Waals surface area (Å²) in [6.07, 6.45) is -1.54. The summed E-state index contributed by atoms with van der Waals surface area (Å²) < 4.78 is 10.9. The molecule has 0 aliphatic carbocycles. The molecule has 1 amide bonds. The summed E-state index contributed by atoms with van der Waals surface area (Å²) in [7, 11) is 0. The van der Waals surface area contributed by atoms with Crippen molar-refractivity contribution in [2.24, 2.45) is 5.41 Å². The van der Waals surface area contributed by atoms with E-state index in [0.717, 1.165) is 12.3 Å². The second-order valence-electron chi connectivity index (χ2n) is 8.22. The highest BCUT2D eigenvalue weighted by atomic mass is 16.6. The van der Waals surface area contributed by atoms with Gasteiger partial charge in [-0.1, -0.05) is 26.8 Å². The molecule has 0 bridgehead atoms. The van der Waals surface area contributed by atoms with E-state index < -0.39 is 35.0 Å². The molecule has 1 saturated heterocycles. The number of nitrogens with one attached hydrogen (secondary N) is 1. The second kappa shape index (κ2) is 7.56. The van der Waals surface area contributed by atoms with E-state index in [1.807, 2.05) is 0 Å². The number of carbonyl (C=O) groups is 3. The third kappa shape index (κ3) is 3.56. The largest absolute Gasteiger partial charge is 0.478 e. The highest BCUT2D eigenvalue weighted by Gasteiger charge is 2.63. The highest BCUT2D eigenvalue weighted by Crippen LogP contribution is 2.41. The van der Waals surface area contributed by atoms with Crippen molar-refractivity contribution in [3.05, 3.63) is 40.7 Å². The molecule has 9 nitrogen and oxygen atoms in total. The van der Waals surface area contributed by atoms with E-state index in [9.17, 15) is 24.3 Å². The molecule has 1 aromatic carbocycles. The maximum absolute atomic E-state index is 13.4. The van der Waals surface area contributed by atoms with E-state index in [4.69, 9.17) is 9.47 Å². The number of nitrogens with zero attached hydrogens (tertiary/aromatic N) is 1. The van der Waals surface area contributed by atoms with Gasteiger partial charge in [-0.05, 0) is 23.6 Å². The first-order chi connectivity index (χ1) is 14.0. The third-order valence-corrected chi connectivity index (χ3v) is 5.22. The van der Waals surface area contributed by atoms with E-state index in [2.05, 4.69) is 4.98 Å². The molecule has 2 N–H and O–H groups in total. The van der Waals surface area contributed by atoms with Crippen LogP contribution in [0.3, 0.4) is 0 Å². The zero-order valence-electron chi connectivity index (χ0n) is 17.2. The van der Waals surface area contributed by atoms with Gasteiger partial charge in [-0.25, -0.2) is 4.79 Å². The Morgan fingerprint density at radius 1 is 1.20 bits per heavy atom. The summed E-state index contributed by atoms with van der Waals surface area (Å²) in [6.45, 7) is 6.03. The van der Waals surface area contributed by atoms with Gasteiger partial charge in [-0.15, -0.1) is 0 Å². The van der Waals surface area contributed by atoms with Gasteiger partial charge in [0.25, 0.3) is 5.91 Å². The van der Waals surface area contributed by atoms with Crippen LogP contribution in [0.5, 0.6) is 0 Å². The van der Waals surface area contributed by atoms with E-state index in [1.165, 1.54) is 11.0 Å². The molecule has 2 heterocycles. The Morgan fingerprint density at radius 3 is 2.47 bits per heavy atom. The van der Waals surface area contributed by atoms with Crippen LogP contribution in [0.25, 0.3) is 10.9 Å². The Labute approximate surface area is 172 Å². The number of fused-ring (bicyclic) bond motifs is 1. The molecule has 0 unspecified atom stereocenters. The van der Waals surface area contributed by atoms with Crippen LogP contribution in [0.2, 0.25) is 0 Å². The Kier molecular flexibility index (Phi) is 5.42. The minimum Gasteiger partial charge on any atom is -0.478 e. The summed E-state index contributed by atoms with van der Waals surface area (Å²) in [5.41, 5.74) is -2.64. The fourth-order valence-electron chi connectivity index (χ4n) is 3.74. The van der Waals surface area contributed by atoms with Crippen LogP contribution in [-0.4, -0.2) is 52.8 Å². The van der Waals surface area contributed by atoms with Gasteiger partial charge in [0.1, 0.15) is 0 Å². The maximum Gasteiger partial charge on any atom is 0.352 e. The summed E-state index contributed by atoms with van der Waals surface area (Å²) in [6, 6.07) is 8.16. The van der Waals surface area contributed by atoms with Gasteiger partial charge in [0.2, 0.25) is 11.2 Å². The van der Waals surface area contributed by atoms with Gasteiger partial charge < -0.3 is 24.5 Å². The van der Waals surface area contributed by atoms with E-state index >= 15 is 0 Å². The van der Waals surface area contributed by atoms with Crippen molar-refractivity contribution >= 4 is 34.4 Å². The molecule has 2 atom stereocenters. The third-order valence-electron chi connectivity index (χ3n) is 5.22. The van der Waals surface area contributed by atoms with Crippen molar-refractivity contribution in [1.82, 2.24) is 4.98 Å². The summed E-state index contributed by atoms with van der Waals surface area (Å²) in [5, 5.41) is 10.8. The lowest BCUT2D eigenvalue weighted by molar-refractivity contribution is -0.218. The fourth-order valence-corrected chi connectivity index (χ4v) is 3.74. The number of hydrogen-bond donors (Lipinski definition) is 2. The molecule has 0 radical (unpaired) electrons. The van der Waals surface area contributed by atoms with Crippen LogP contribution in [0.1, 0.15) is 27.7 Å². The number of morpholine rings is 1. The van der Waals surface area contributed by atoms with Gasteiger partial charge in [-0.2, -0.15) is 0 Å². The van der Waals surface area contributed by atoms with Gasteiger partial charge in [-0.3, -0.25) is 14.4 Å². The first-order valence-electron chi connectivity index (χ1n) is 9.46. The molecule has 160 valence electrons. The van der Waals surface area contributed by atoms with Crippen molar-refractivity contribution in [3.63, 3.8) is 0 Å². The highest BCUT2D eigenvalue weighted by molar-refractivity contribution is 6.03. The maximum atomic E-state index is 13.4. The SMILES string of the molecule is CC(=O)O[C@@](C(=O)O)([C@H]1OCCN(c2ccc3ccc(=O)[nH]c3c2)C1=O)C(C)(C)C. The molecular formula is C21H24N2O7. The summed E-state index contributed by atoms with van der Waals surface area (Å²) in [4.78, 5) is 53.2. The molecule has 1 aromatic heterocycles. The number of anilines is 1. The van der Waals surface area contributed by atoms with E-state index in [0.29, 0.717) is 11.2 Å². The number of esters is 1. The fraction of sp³-hybridized carbons (Fsp3) is 0.429. The molecule has 3 rings (SSSR count). The van der Waals surface area contributed by atoms with Crippen LogP contribution in [-0.2, 0) is 23.9 Å². The van der Waals surface area contributed by atoms with Crippen LogP contribution < -0.4 is 10.5 Å². The Morgan fingerprint density at radius 2 is 1.87 bits per heavy atom. The van der Waals surface area contributed by atoms with E-state index in [-0.39, 0.29) is 18.7 Å². The van der Waals surface area contributed by atoms with Gasteiger partial charge in [0.05, 0.1) is 12.1 Å². The van der Waals surface area contributed by atoms with Gasteiger partial charge >= 0.3 is 11.9 Å². The number of benzene rings is 1. The molecule has 30 heavy (non-hydrogen) atoms. The molecule has 9 heteroatoms. The number of hydrogen-bond acceptors (Lipinski definition) is 6. The van der Waals surface area contributed by atoms with Crippen LogP contribution in [0.4, 0.5) is 5.69 Å². The molecule has 2 aromatic rings. The molecule has 0 saturated carbocycles. The lowest BCUT2D eigenvalue weighted by atomic mass is 9.71. The van der Waals surface area contributed by atoms with Crippen molar-refractivity contribution in [2.45, 2.75) is 39.4 Å². The quantitative estimate of drug-likeness (QED) is 0.727. The minimum absolute atomic E-state index is 0.0477. The number of carboxylic acid groups (broad SMARTS) is 1. The molecule has 1 fully saturated rings. The zero-order valence-corrected chi connectivity index (χ0v) is 17.2. The van der Waals surface area contributed by atoms with Crippen LogP contribution in [0.15, 0.2) is 35.1 Å². The van der Waals surface area contributed by atoms with Gasteiger partial charge in [0, 0.05) is 30.6 Å². The predicted molar refractivity (Wildman–Crippen MR) is 108 cm³/mol. The number of carbonyl (C=O) groups excluding carboxylic acids is 2. The Hall–Kier alpha value is -3.20. The van der Waals surface area contributed by atoms with E-state index in [1.54, 1.807) is 45.0 Å². The second-order valence-corrected chi connectivity index (χ2v) is 8.22.